The lowest BCUT2D eigenvalue weighted by Gasteiger charge is -2.17. The molecule has 1 N–H and O–H groups in total. The molecule has 1 atom stereocenters. The Bertz CT molecular complexity index is 997. The maximum absolute atomic E-state index is 12.6. The van der Waals surface area contributed by atoms with Crippen LogP contribution < -0.4 is 14.8 Å². The highest BCUT2D eigenvalue weighted by atomic mass is 16.5. The van der Waals surface area contributed by atoms with Crippen LogP contribution in [-0.2, 0) is 9.53 Å². The second-order valence-corrected chi connectivity index (χ2v) is 5.89. The maximum Gasteiger partial charge on any atom is 0.338 e. The lowest BCUT2D eigenvalue weighted by Crippen LogP contribution is -2.32. The van der Waals surface area contributed by atoms with E-state index < -0.39 is 18.0 Å². The fraction of sp³-hybridized carbons (Fsp3) is 0.250. The molecule has 1 amide bonds. The number of esters is 1. The van der Waals surface area contributed by atoms with Gasteiger partial charge in [0.05, 0.1) is 25.5 Å². The van der Waals surface area contributed by atoms with E-state index in [0.717, 1.165) is 0 Å². The van der Waals surface area contributed by atoms with E-state index in [1.165, 1.54) is 20.6 Å². The highest BCUT2D eigenvalue weighted by Crippen LogP contribution is 2.29. The van der Waals surface area contributed by atoms with Gasteiger partial charge < -0.3 is 23.9 Å². The third-order valence-electron chi connectivity index (χ3n) is 4.14. The third-order valence-corrected chi connectivity index (χ3v) is 4.14. The van der Waals surface area contributed by atoms with Crippen LogP contribution in [0.1, 0.15) is 23.7 Å². The number of carbonyl (C=O) groups is 2. The minimum atomic E-state index is -0.976. The van der Waals surface area contributed by atoms with E-state index in [4.69, 9.17) is 18.6 Å². The van der Waals surface area contributed by atoms with Crippen molar-refractivity contribution in [1.82, 2.24) is 4.98 Å². The second-order valence-electron chi connectivity index (χ2n) is 5.89. The van der Waals surface area contributed by atoms with Gasteiger partial charge in [-0.1, -0.05) is 6.92 Å². The molecule has 0 saturated heterocycles. The number of hydrogen-bond acceptors (Lipinski definition) is 7. The summed E-state index contributed by atoms with van der Waals surface area (Å²) in [7, 11) is 3.02. The molecular formula is C20H20N2O6. The highest BCUT2D eigenvalue weighted by molar-refractivity contribution is 5.99. The lowest BCUT2D eigenvalue weighted by molar-refractivity contribution is -0.124. The van der Waals surface area contributed by atoms with Gasteiger partial charge in [0.15, 0.2) is 18.1 Å². The SMILES string of the molecule is CCC(OC(=O)c1ccc2ocnc2c1)C(=O)Nc1cc(OC)ccc1OC. The second kappa shape index (κ2) is 8.43. The van der Waals surface area contributed by atoms with Gasteiger partial charge in [-0.25, -0.2) is 9.78 Å². The van der Waals surface area contributed by atoms with E-state index in [1.807, 2.05) is 0 Å². The minimum Gasteiger partial charge on any atom is -0.497 e. The molecule has 0 aliphatic rings. The highest BCUT2D eigenvalue weighted by Gasteiger charge is 2.23. The summed E-state index contributed by atoms with van der Waals surface area (Å²) in [5.74, 6) is -0.0664. The van der Waals surface area contributed by atoms with Crippen molar-refractivity contribution in [3.05, 3.63) is 48.4 Å². The summed E-state index contributed by atoms with van der Waals surface area (Å²) in [6.45, 7) is 1.75. The molecule has 3 aromatic rings. The topological polar surface area (TPSA) is 99.9 Å². The van der Waals surface area contributed by atoms with E-state index in [2.05, 4.69) is 10.3 Å². The van der Waals surface area contributed by atoms with Crippen LogP contribution in [0.3, 0.4) is 0 Å². The lowest BCUT2D eigenvalue weighted by atomic mass is 10.2. The van der Waals surface area contributed by atoms with Gasteiger partial charge in [-0.2, -0.15) is 0 Å². The van der Waals surface area contributed by atoms with Crippen molar-refractivity contribution in [3.63, 3.8) is 0 Å². The van der Waals surface area contributed by atoms with E-state index in [-0.39, 0.29) is 5.56 Å². The van der Waals surface area contributed by atoms with Crippen molar-refractivity contribution in [2.75, 3.05) is 19.5 Å². The molecule has 0 aliphatic heterocycles. The van der Waals surface area contributed by atoms with Crippen molar-refractivity contribution < 1.29 is 28.2 Å². The number of amides is 1. The van der Waals surface area contributed by atoms with Crippen LogP contribution >= 0.6 is 0 Å². The summed E-state index contributed by atoms with van der Waals surface area (Å²) >= 11 is 0. The molecule has 1 heterocycles. The average molecular weight is 384 g/mol. The standard InChI is InChI=1S/C20H20N2O6/c1-4-16(19(23)22-15-10-13(25-2)6-8-17(15)26-3)28-20(24)12-5-7-18-14(9-12)21-11-27-18/h5-11,16H,4H2,1-3H3,(H,22,23). The first kappa shape index (κ1) is 19.2. The number of oxazole rings is 1. The Balaban J connectivity index is 1.73. The molecule has 0 spiro atoms. The summed E-state index contributed by atoms with van der Waals surface area (Å²) in [5.41, 5.74) is 1.80. The molecule has 3 rings (SSSR count). The number of aromatic nitrogens is 1. The quantitative estimate of drug-likeness (QED) is 0.623. The van der Waals surface area contributed by atoms with Crippen LogP contribution in [0.5, 0.6) is 11.5 Å². The molecule has 2 aromatic carbocycles. The van der Waals surface area contributed by atoms with Crippen molar-refractivity contribution in [2.45, 2.75) is 19.4 Å². The van der Waals surface area contributed by atoms with Gasteiger partial charge in [0.2, 0.25) is 0 Å². The molecule has 0 bridgehead atoms. The number of nitrogens with one attached hydrogen (secondary N) is 1. The molecule has 0 fully saturated rings. The first-order chi connectivity index (χ1) is 13.5. The van der Waals surface area contributed by atoms with Gasteiger partial charge in [-0.15, -0.1) is 0 Å². The number of carbonyl (C=O) groups excluding carboxylic acids is 2. The molecule has 0 radical (unpaired) electrons. The molecular weight excluding hydrogens is 364 g/mol. The molecule has 28 heavy (non-hydrogen) atoms. The first-order valence-electron chi connectivity index (χ1n) is 8.62. The number of benzene rings is 2. The number of nitrogens with zero attached hydrogens (tertiary/aromatic N) is 1. The number of fused-ring (bicyclic) bond motifs is 1. The smallest absolute Gasteiger partial charge is 0.338 e. The number of anilines is 1. The molecule has 8 nitrogen and oxygen atoms in total. The number of rotatable bonds is 7. The summed E-state index contributed by atoms with van der Waals surface area (Å²) in [4.78, 5) is 29.1. The van der Waals surface area contributed by atoms with Crippen LogP contribution in [0.15, 0.2) is 47.2 Å². The third kappa shape index (κ3) is 4.06. The van der Waals surface area contributed by atoms with Crippen LogP contribution in [0.25, 0.3) is 11.1 Å². The fourth-order valence-electron chi connectivity index (χ4n) is 2.63. The summed E-state index contributed by atoms with van der Waals surface area (Å²) in [6.07, 6.45) is 0.621. The monoisotopic (exact) mass is 384 g/mol. The van der Waals surface area contributed by atoms with Gasteiger partial charge >= 0.3 is 5.97 Å². The van der Waals surface area contributed by atoms with Crippen molar-refractivity contribution >= 4 is 28.7 Å². The van der Waals surface area contributed by atoms with E-state index >= 15 is 0 Å². The van der Waals surface area contributed by atoms with Crippen molar-refractivity contribution in [1.29, 1.82) is 0 Å². The largest absolute Gasteiger partial charge is 0.497 e. The van der Waals surface area contributed by atoms with Gasteiger partial charge in [-0.3, -0.25) is 4.79 Å². The van der Waals surface area contributed by atoms with Gasteiger partial charge in [-0.05, 0) is 36.8 Å². The number of hydrogen-bond donors (Lipinski definition) is 1. The molecule has 1 unspecified atom stereocenters. The Hall–Kier alpha value is -3.55. The Kier molecular flexibility index (Phi) is 5.78. The van der Waals surface area contributed by atoms with E-state index in [1.54, 1.807) is 43.3 Å². The van der Waals surface area contributed by atoms with Gasteiger partial charge in [0, 0.05) is 6.07 Å². The van der Waals surface area contributed by atoms with E-state index in [9.17, 15) is 9.59 Å². The summed E-state index contributed by atoms with van der Waals surface area (Å²) in [5, 5.41) is 2.72. The van der Waals surface area contributed by atoms with Crippen LogP contribution in [0, 0.1) is 0 Å². The predicted molar refractivity (Wildman–Crippen MR) is 102 cm³/mol. The maximum atomic E-state index is 12.6. The van der Waals surface area contributed by atoms with E-state index in [0.29, 0.717) is 34.7 Å². The van der Waals surface area contributed by atoms with Crippen LogP contribution in [-0.4, -0.2) is 37.2 Å². The Morgan fingerprint density at radius 1 is 1.14 bits per heavy atom. The molecule has 0 saturated carbocycles. The summed E-state index contributed by atoms with van der Waals surface area (Å²) < 4.78 is 21.0. The predicted octanol–water partition coefficient (Wildman–Crippen LogP) is 3.42. The normalized spacial score (nSPS) is 11.7. The zero-order valence-electron chi connectivity index (χ0n) is 15.7. The number of methoxy groups -OCH3 is 2. The average Bonchev–Trinajstić information content (AvgIpc) is 3.19. The van der Waals surface area contributed by atoms with Crippen molar-refractivity contribution in [2.24, 2.45) is 0 Å². The molecule has 146 valence electrons. The Labute approximate surface area is 161 Å². The zero-order chi connectivity index (χ0) is 20.1. The van der Waals surface area contributed by atoms with Crippen molar-refractivity contribution in [3.8, 4) is 11.5 Å². The zero-order valence-corrected chi connectivity index (χ0v) is 15.7. The summed E-state index contributed by atoms with van der Waals surface area (Å²) in [6, 6.07) is 9.76. The molecule has 1 aromatic heterocycles. The Morgan fingerprint density at radius 2 is 1.96 bits per heavy atom. The fourth-order valence-corrected chi connectivity index (χ4v) is 2.63. The van der Waals surface area contributed by atoms with Gasteiger partial charge in [0.1, 0.15) is 17.0 Å². The van der Waals surface area contributed by atoms with Crippen LogP contribution in [0.4, 0.5) is 5.69 Å². The number of ether oxygens (including phenoxy) is 3. The Morgan fingerprint density at radius 3 is 2.68 bits per heavy atom. The molecule has 0 aliphatic carbocycles. The van der Waals surface area contributed by atoms with Gasteiger partial charge in [0.25, 0.3) is 5.91 Å². The first-order valence-corrected chi connectivity index (χ1v) is 8.62. The molecule has 8 heteroatoms. The minimum absolute atomic E-state index is 0.284. The van der Waals surface area contributed by atoms with Crippen LogP contribution in [0.2, 0.25) is 0 Å².